The fraction of sp³-hybridized carbons (Fsp3) is 0.526. The van der Waals surface area contributed by atoms with Crippen molar-refractivity contribution in [2.45, 2.75) is 51.7 Å². The van der Waals surface area contributed by atoms with Gasteiger partial charge in [-0.05, 0) is 31.4 Å². The van der Waals surface area contributed by atoms with Crippen LogP contribution in [0, 0.1) is 6.92 Å². The van der Waals surface area contributed by atoms with E-state index in [-0.39, 0.29) is 23.7 Å². The number of aromatic nitrogens is 2. The Morgan fingerprint density at radius 3 is 2.85 bits per heavy atom. The van der Waals surface area contributed by atoms with Gasteiger partial charge in [0.1, 0.15) is 11.9 Å². The summed E-state index contributed by atoms with van der Waals surface area (Å²) in [6, 6.07) is 5.34. The first-order valence-electron chi connectivity index (χ1n) is 8.98. The van der Waals surface area contributed by atoms with E-state index < -0.39 is 6.10 Å². The molecule has 26 heavy (non-hydrogen) atoms. The minimum Gasteiger partial charge on any atom is -0.486 e. The van der Waals surface area contributed by atoms with Crippen LogP contribution in [0.5, 0.6) is 5.75 Å². The molecular formula is C19H25N3O4. The first kappa shape index (κ1) is 18.4. The summed E-state index contributed by atoms with van der Waals surface area (Å²) >= 11 is 0. The van der Waals surface area contributed by atoms with E-state index in [4.69, 9.17) is 9.26 Å². The van der Waals surface area contributed by atoms with Crippen molar-refractivity contribution in [2.75, 3.05) is 13.1 Å². The first-order chi connectivity index (χ1) is 12.5. The molecule has 7 heteroatoms. The number of nitrogens with zero attached hydrogens (tertiary/aromatic N) is 3. The molecule has 2 atom stereocenters. The maximum absolute atomic E-state index is 12.7. The van der Waals surface area contributed by atoms with E-state index in [1.54, 1.807) is 23.2 Å². The van der Waals surface area contributed by atoms with Crippen molar-refractivity contribution >= 4 is 5.91 Å². The van der Waals surface area contributed by atoms with Crippen LogP contribution in [0.4, 0.5) is 0 Å². The van der Waals surface area contributed by atoms with E-state index >= 15 is 0 Å². The molecule has 0 radical (unpaired) electrons. The molecule has 7 nitrogen and oxygen atoms in total. The van der Waals surface area contributed by atoms with Gasteiger partial charge in [-0.3, -0.25) is 9.78 Å². The van der Waals surface area contributed by atoms with Crippen LogP contribution in [0.1, 0.15) is 54.5 Å². The molecule has 0 saturated carbocycles. The summed E-state index contributed by atoms with van der Waals surface area (Å²) in [4.78, 5) is 18.6. The van der Waals surface area contributed by atoms with Gasteiger partial charge in [0.05, 0.1) is 17.5 Å². The molecule has 3 heterocycles. The van der Waals surface area contributed by atoms with Crippen molar-refractivity contribution in [3.63, 3.8) is 0 Å². The largest absolute Gasteiger partial charge is 0.486 e. The molecule has 3 rings (SSSR count). The van der Waals surface area contributed by atoms with Gasteiger partial charge in [-0.15, -0.1) is 0 Å². The summed E-state index contributed by atoms with van der Waals surface area (Å²) in [7, 11) is 0. The zero-order valence-corrected chi connectivity index (χ0v) is 15.4. The molecule has 140 valence electrons. The third-order valence-electron chi connectivity index (χ3n) is 4.66. The van der Waals surface area contributed by atoms with Crippen molar-refractivity contribution in [1.82, 2.24) is 15.0 Å². The number of hydrogen-bond donors (Lipinski definition) is 1. The van der Waals surface area contributed by atoms with Gasteiger partial charge in [0.25, 0.3) is 5.91 Å². The number of likely N-dealkylation sites (tertiary alicyclic amines) is 1. The van der Waals surface area contributed by atoms with Gasteiger partial charge in [-0.25, -0.2) is 0 Å². The highest BCUT2D eigenvalue weighted by molar-refractivity contribution is 5.91. The van der Waals surface area contributed by atoms with Gasteiger partial charge in [-0.1, -0.05) is 19.0 Å². The van der Waals surface area contributed by atoms with E-state index in [9.17, 15) is 9.90 Å². The van der Waals surface area contributed by atoms with E-state index in [0.717, 1.165) is 11.4 Å². The normalized spacial score (nSPS) is 20.9. The Morgan fingerprint density at radius 1 is 1.38 bits per heavy atom. The molecule has 1 amide bonds. The van der Waals surface area contributed by atoms with Crippen LogP contribution >= 0.6 is 0 Å². The third-order valence-corrected chi connectivity index (χ3v) is 4.66. The van der Waals surface area contributed by atoms with Crippen LogP contribution in [-0.2, 0) is 0 Å². The molecule has 1 aliphatic rings. The van der Waals surface area contributed by atoms with Gasteiger partial charge < -0.3 is 19.3 Å². The van der Waals surface area contributed by atoms with Crippen molar-refractivity contribution in [2.24, 2.45) is 0 Å². The molecule has 2 aromatic heterocycles. The summed E-state index contributed by atoms with van der Waals surface area (Å²) in [5.41, 5.74) is 1.54. The monoisotopic (exact) mass is 359 g/mol. The molecule has 1 N–H and O–H groups in total. The van der Waals surface area contributed by atoms with Crippen LogP contribution in [0.15, 0.2) is 28.9 Å². The molecule has 0 unspecified atom stereocenters. The molecule has 0 aromatic carbocycles. The number of carbonyl (C=O) groups excluding carboxylic acids is 1. The van der Waals surface area contributed by atoms with E-state index in [1.165, 1.54) is 0 Å². The zero-order chi connectivity index (χ0) is 18.7. The molecule has 0 spiro atoms. The average Bonchev–Trinajstić information content (AvgIpc) is 3.05. The van der Waals surface area contributed by atoms with Crippen molar-refractivity contribution < 1.29 is 19.2 Å². The Balaban J connectivity index is 1.66. The molecule has 1 saturated heterocycles. The quantitative estimate of drug-likeness (QED) is 0.902. The Labute approximate surface area is 153 Å². The summed E-state index contributed by atoms with van der Waals surface area (Å²) < 4.78 is 11.2. The van der Waals surface area contributed by atoms with Crippen LogP contribution in [-0.4, -0.2) is 51.4 Å². The predicted octanol–water partition coefficient (Wildman–Crippen LogP) is 2.55. The summed E-state index contributed by atoms with van der Waals surface area (Å²) in [5.74, 6) is 0.903. The number of ether oxygens (including phenoxy) is 1. The Hall–Kier alpha value is -2.41. The second-order valence-electron chi connectivity index (χ2n) is 6.95. The highest BCUT2D eigenvalue weighted by atomic mass is 16.5. The smallest absolute Gasteiger partial charge is 0.292 e. The van der Waals surface area contributed by atoms with Crippen molar-refractivity contribution in [1.29, 1.82) is 0 Å². The second kappa shape index (κ2) is 7.86. The number of aryl methyl sites for hydroxylation is 1. The maximum Gasteiger partial charge on any atom is 0.292 e. The van der Waals surface area contributed by atoms with Crippen LogP contribution in [0.2, 0.25) is 0 Å². The highest BCUT2D eigenvalue weighted by Crippen LogP contribution is 2.23. The number of hydrogen-bond acceptors (Lipinski definition) is 6. The topological polar surface area (TPSA) is 88.7 Å². The number of pyridine rings is 1. The summed E-state index contributed by atoms with van der Waals surface area (Å²) in [6.07, 6.45) is 1.66. The zero-order valence-electron chi connectivity index (χ0n) is 15.4. The summed E-state index contributed by atoms with van der Waals surface area (Å²) in [6.45, 7) is 6.79. The minimum atomic E-state index is -0.645. The molecule has 1 fully saturated rings. The molecule has 2 aromatic rings. The van der Waals surface area contributed by atoms with Gasteiger partial charge in [0.2, 0.25) is 5.76 Å². The highest BCUT2D eigenvalue weighted by Gasteiger charge is 2.30. The van der Waals surface area contributed by atoms with Gasteiger partial charge >= 0.3 is 0 Å². The van der Waals surface area contributed by atoms with Gasteiger partial charge in [0.15, 0.2) is 0 Å². The van der Waals surface area contributed by atoms with E-state index in [2.05, 4.69) is 10.1 Å². The Kier molecular flexibility index (Phi) is 5.56. The lowest BCUT2D eigenvalue weighted by molar-refractivity contribution is 0.0343. The van der Waals surface area contributed by atoms with Crippen molar-refractivity contribution in [3.8, 4) is 5.75 Å². The fourth-order valence-corrected chi connectivity index (χ4v) is 2.98. The minimum absolute atomic E-state index is 0.199. The van der Waals surface area contributed by atoms with E-state index in [1.807, 2.05) is 26.8 Å². The third kappa shape index (κ3) is 4.04. The van der Waals surface area contributed by atoms with Crippen LogP contribution in [0.25, 0.3) is 0 Å². The second-order valence-corrected chi connectivity index (χ2v) is 6.95. The van der Waals surface area contributed by atoms with Crippen molar-refractivity contribution in [3.05, 3.63) is 41.5 Å². The first-order valence-corrected chi connectivity index (χ1v) is 8.98. The molecule has 0 bridgehead atoms. The van der Waals surface area contributed by atoms with E-state index in [0.29, 0.717) is 31.7 Å². The lowest BCUT2D eigenvalue weighted by Crippen LogP contribution is -2.32. The predicted molar refractivity (Wildman–Crippen MR) is 95.1 cm³/mol. The number of aliphatic hydroxyl groups excluding tert-OH is 1. The number of carbonyl (C=O) groups is 1. The number of aliphatic hydroxyl groups is 1. The molecular weight excluding hydrogens is 334 g/mol. The number of rotatable bonds is 4. The molecule has 1 aliphatic heterocycles. The van der Waals surface area contributed by atoms with Gasteiger partial charge in [0, 0.05) is 31.8 Å². The summed E-state index contributed by atoms with van der Waals surface area (Å²) in [5, 5.41) is 14.4. The van der Waals surface area contributed by atoms with Crippen LogP contribution < -0.4 is 4.74 Å². The standard InChI is InChI=1S/C19H25N3O4/c1-12(2)14-11-18(26-21-14)19(24)22-9-6-15(23)17(7-10-22)25-16-5-4-8-20-13(16)3/h4-5,8,11-12,15,17,23H,6-7,9-10H2,1-3H3/t15-,17-/m0/s1. The number of amides is 1. The maximum atomic E-state index is 12.7. The van der Waals surface area contributed by atoms with Crippen LogP contribution in [0.3, 0.4) is 0 Å². The SMILES string of the molecule is Cc1ncccc1O[C@H]1CCN(C(=O)c2cc(C(C)C)no2)CC[C@@H]1O. The Morgan fingerprint density at radius 2 is 2.15 bits per heavy atom. The lowest BCUT2D eigenvalue weighted by atomic mass is 10.1. The average molecular weight is 359 g/mol. The fourth-order valence-electron chi connectivity index (χ4n) is 2.98. The Bertz CT molecular complexity index is 759. The van der Waals surface area contributed by atoms with Gasteiger partial charge in [-0.2, -0.15) is 0 Å². The molecule has 0 aliphatic carbocycles. The lowest BCUT2D eigenvalue weighted by Gasteiger charge is -2.22.